The summed E-state index contributed by atoms with van der Waals surface area (Å²) in [7, 11) is 0. The highest BCUT2D eigenvalue weighted by Crippen LogP contribution is 2.39. The van der Waals surface area contributed by atoms with Gasteiger partial charge in [0.15, 0.2) is 0 Å². The van der Waals surface area contributed by atoms with Crippen molar-refractivity contribution in [3.8, 4) is 6.07 Å². The van der Waals surface area contributed by atoms with Crippen molar-refractivity contribution in [2.24, 2.45) is 11.8 Å². The summed E-state index contributed by atoms with van der Waals surface area (Å²) in [6.45, 7) is 0. The van der Waals surface area contributed by atoms with Gasteiger partial charge in [-0.05, 0) is 30.4 Å². The number of hydrazine groups is 1. The highest BCUT2D eigenvalue weighted by atomic mass is 15.4. The molecule has 2 N–H and O–H groups in total. The molecule has 17 heavy (non-hydrogen) atoms. The van der Waals surface area contributed by atoms with Crippen molar-refractivity contribution in [3.05, 3.63) is 30.1 Å². The molecule has 4 atom stereocenters. The van der Waals surface area contributed by atoms with Gasteiger partial charge in [0.1, 0.15) is 0 Å². The van der Waals surface area contributed by atoms with E-state index in [2.05, 4.69) is 28.0 Å². The molecule has 4 unspecified atom stereocenters. The monoisotopic (exact) mass is 228 g/mol. The summed E-state index contributed by atoms with van der Waals surface area (Å²) in [6.07, 6.45) is 7.06. The molecule has 0 spiro atoms. The summed E-state index contributed by atoms with van der Waals surface area (Å²) in [6, 6.07) is 7.09. The molecule has 88 valence electrons. The van der Waals surface area contributed by atoms with E-state index >= 15 is 0 Å². The summed E-state index contributed by atoms with van der Waals surface area (Å²) < 4.78 is 0. The fourth-order valence-corrected chi connectivity index (χ4v) is 3.14. The number of fused-ring (bicyclic) bond motifs is 1. The quantitative estimate of drug-likeness (QED) is 0.765. The Hall–Kier alpha value is -1.44. The lowest BCUT2D eigenvalue weighted by Gasteiger charge is -2.30. The molecular formula is C13H16N4. The van der Waals surface area contributed by atoms with E-state index in [0.29, 0.717) is 18.0 Å². The number of aromatic nitrogens is 1. The van der Waals surface area contributed by atoms with Crippen molar-refractivity contribution >= 4 is 0 Å². The number of pyridine rings is 1. The summed E-state index contributed by atoms with van der Waals surface area (Å²) in [5, 5.41) is 9.16. The lowest BCUT2D eigenvalue weighted by molar-refractivity contribution is 0.260. The van der Waals surface area contributed by atoms with Crippen LogP contribution < -0.4 is 10.9 Å². The van der Waals surface area contributed by atoms with E-state index in [1.165, 1.54) is 12.0 Å². The molecule has 1 saturated heterocycles. The van der Waals surface area contributed by atoms with Crippen molar-refractivity contribution in [2.45, 2.75) is 31.3 Å². The van der Waals surface area contributed by atoms with Crippen LogP contribution in [0.3, 0.4) is 0 Å². The van der Waals surface area contributed by atoms with Gasteiger partial charge in [0.2, 0.25) is 0 Å². The Morgan fingerprint density at radius 3 is 3.06 bits per heavy atom. The van der Waals surface area contributed by atoms with Crippen molar-refractivity contribution in [1.82, 2.24) is 15.8 Å². The summed E-state index contributed by atoms with van der Waals surface area (Å²) in [5.74, 6) is 0.653. The third-order valence-corrected chi connectivity index (χ3v) is 3.99. The second-order valence-corrected chi connectivity index (χ2v) is 4.91. The molecule has 0 aromatic carbocycles. The number of rotatable bonds is 1. The fourth-order valence-electron chi connectivity index (χ4n) is 3.14. The second-order valence-electron chi connectivity index (χ2n) is 4.91. The first-order valence-electron chi connectivity index (χ1n) is 6.21. The molecule has 3 rings (SSSR count). The van der Waals surface area contributed by atoms with Gasteiger partial charge in [-0.1, -0.05) is 12.5 Å². The van der Waals surface area contributed by atoms with E-state index in [4.69, 9.17) is 5.26 Å². The third kappa shape index (κ3) is 1.82. The van der Waals surface area contributed by atoms with Crippen molar-refractivity contribution in [3.63, 3.8) is 0 Å². The van der Waals surface area contributed by atoms with E-state index in [9.17, 15) is 0 Å². The number of hydrogen-bond acceptors (Lipinski definition) is 4. The van der Waals surface area contributed by atoms with Crippen LogP contribution in [0.25, 0.3) is 0 Å². The first-order chi connectivity index (χ1) is 8.40. The minimum atomic E-state index is 0.142. The van der Waals surface area contributed by atoms with Gasteiger partial charge in [-0.15, -0.1) is 0 Å². The predicted molar refractivity (Wildman–Crippen MR) is 63.5 cm³/mol. The Morgan fingerprint density at radius 1 is 1.35 bits per heavy atom. The molecule has 0 bridgehead atoms. The molecule has 1 aromatic heterocycles. The Morgan fingerprint density at radius 2 is 2.29 bits per heavy atom. The minimum absolute atomic E-state index is 0.142. The highest BCUT2D eigenvalue weighted by Gasteiger charge is 2.43. The smallest absolute Gasteiger partial charge is 0.0672 e. The molecule has 4 nitrogen and oxygen atoms in total. The van der Waals surface area contributed by atoms with Gasteiger partial charge in [-0.3, -0.25) is 10.4 Å². The lowest BCUT2D eigenvalue weighted by atomic mass is 9.74. The van der Waals surface area contributed by atoms with E-state index in [-0.39, 0.29) is 5.92 Å². The Labute approximate surface area is 101 Å². The Bertz CT molecular complexity index is 425. The van der Waals surface area contributed by atoms with Crippen molar-refractivity contribution in [1.29, 1.82) is 5.26 Å². The normalized spacial score (nSPS) is 36.2. The van der Waals surface area contributed by atoms with Crippen LogP contribution in [0.5, 0.6) is 0 Å². The molecule has 1 saturated carbocycles. The lowest BCUT2D eigenvalue weighted by Crippen LogP contribution is -2.39. The van der Waals surface area contributed by atoms with Crippen LogP contribution in [0, 0.1) is 23.2 Å². The van der Waals surface area contributed by atoms with Crippen LogP contribution >= 0.6 is 0 Å². The topological polar surface area (TPSA) is 60.7 Å². The SMILES string of the molecule is N#CC1CCCC2C(c3cccnc3)NNC12. The maximum Gasteiger partial charge on any atom is 0.0672 e. The summed E-state index contributed by atoms with van der Waals surface area (Å²) in [5.41, 5.74) is 7.86. The van der Waals surface area contributed by atoms with Gasteiger partial charge in [0, 0.05) is 18.4 Å². The fraction of sp³-hybridized carbons (Fsp3) is 0.538. The number of nitrogens with one attached hydrogen (secondary N) is 2. The van der Waals surface area contributed by atoms with Crippen molar-refractivity contribution < 1.29 is 0 Å². The molecule has 2 heterocycles. The molecule has 1 aliphatic heterocycles. The van der Waals surface area contributed by atoms with Crippen LogP contribution in [-0.4, -0.2) is 11.0 Å². The zero-order valence-electron chi connectivity index (χ0n) is 9.63. The first-order valence-corrected chi connectivity index (χ1v) is 6.21. The van der Waals surface area contributed by atoms with E-state index < -0.39 is 0 Å². The Kier molecular flexibility index (Phi) is 2.79. The van der Waals surface area contributed by atoms with E-state index in [0.717, 1.165) is 12.8 Å². The molecule has 2 fully saturated rings. The summed E-state index contributed by atoms with van der Waals surface area (Å²) in [4.78, 5) is 4.17. The minimum Gasteiger partial charge on any atom is -0.264 e. The average Bonchev–Trinajstić information content (AvgIpc) is 2.83. The predicted octanol–water partition coefficient (Wildman–Crippen LogP) is 1.54. The molecule has 2 aliphatic rings. The number of hydrogen-bond donors (Lipinski definition) is 2. The van der Waals surface area contributed by atoms with Crippen LogP contribution in [0.2, 0.25) is 0 Å². The maximum absolute atomic E-state index is 9.16. The van der Waals surface area contributed by atoms with Gasteiger partial charge in [-0.2, -0.15) is 5.26 Å². The van der Waals surface area contributed by atoms with Crippen LogP contribution in [0.1, 0.15) is 30.9 Å². The number of nitriles is 1. The van der Waals surface area contributed by atoms with E-state index in [1.807, 2.05) is 12.3 Å². The van der Waals surface area contributed by atoms with Gasteiger partial charge < -0.3 is 0 Å². The average molecular weight is 228 g/mol. The first kappa shape index (κ1) is 10.7. The second kappa shape index (κ2) is 4.44. The zero-order chi connectivity index (χ0) is 11.7. The van der Waals surface area contributed by atoms with Gasteiger partial charge >= 0.3 is 0 Å². The molecular weight excluding hydrogens is 212 g/mol. The standard InChI is InChI=1S/C13H16N4/c14-7-9-3-1-5-11-12(9)16-17-13(11)10-4-2-6-15-8-10/h2,4,6,8-9,11-13,16-17H,1,3,5H2. The zero-order valence-corrected chi connectivity index (χ0v) is 9.63. The molecule has 1 aliphatic carbocycles. The van der Waals surface area contributed by atoms with Gasteiger partial charge in [-0.25, -0.2) is 5.43 Å². The van der Waals surface area contributed by atoms with Gasteiger partial charge in [0.25, 0.3) is 0 Å². The van der Waals surface area contributed by atoms with Crippen LogP contribution in [0.4, 0.5) is 0 Å². The Balaban J connectivity index is 1.84. The molecule has 1 aromatic rings. The van der Waals surface area contributed by atoms with Crippen LogP contribution in [0.15, 0.2) is 24.5 Å². The maximum atomic E-state index is 9.16. The highest BCUT2D eigenvalue weighted by molar-refractivity contribution is 5.19. The molecule has 4 heteroatoms. The largest absolute Gasteiger partial charge is 0.264 e. The number of nitrogens with zero attached hydrogens (tertiary/aromatic N) is 2. The van der Waals surface area contributed by atoms with Crippen molar-refractivity contribution in [2.75, 3.05) is 0 Å². The molecule has 0 radical (unpaired) electrons. The summed E-state index contributed by atoms with van der Waals surface area (Å²) >= 11 is 0. The van der Waals surface area contributed by atoms with Gasteiger partial charge in [0.05, 0.1) is 18.0 Å². The van der Waals surface area contributed by atoms with E-state index in [1.54, 1.807) is 6.20 Å². The third-order valence-electron chi connectivity index (χ3n) is 3.99. The van der Waals surface area contributed by atoms with Crippen LogP contribution in [-0.2, 0) is 0 Å². The molecule has 0 amide bonds.